The second-order valence-corrected chi connectivity index (χ2v) is 14.2. The van der Waals surface area contributed by atoms with Gasteiger partial charge in [0, 0.05) is 62.3 Å². The number of rotatable bonds is 7. The van der Waals surface area contributed by atoms with Crippen LogP contribution in [0.3, 0.4) is 0 Å². The number of amides is 1. The Morgan fingerprint density at radius 2 is 1.85 bits per heavy atom. The maximum Gasteiger partial charge on any atom is 0.253 e. The van der Waals surface area contributed by atoms with E-state index >= 15 is 4.39 Å². The van der Waals surface area contributed by atoms with E-state index in [1.807, 2.05) is 43.9 Å². The van der Waals surface area contributed by atoms with Gasteiger partial charge in [0.15, 0.2) is 5.82 Å². The van der Waals surface area contributed by atoms with Crippen molar-refractivity contribution in [1.29, 1.82) is 5.26 Å². The Balaban J connectivity index is 1.56. The number of fused-ring (bicyclic) bond motifs is 2. The molecular formula is C34H34ClF2N9OS. The Labute approximate surface area is 286 Å². The van der Waals surface area contributed by atoms with Gasteiger partial charge in [-0.3, -0.25) is 9.78 Å². The summed E-state index contributed by atoms with van der Waals surface area (Å²) < 4.78 is 32.1. The van der Waals surface area contributed by atoms with E-state index in [-0.39, 0.29) is 53.8 Å². The molecule has 1 aliphatic heterocycles. The van der Waals surface area contributed by atoms with Crippen LogP contribution in [-0.4, -0.2) is 84.5 Å². The number of anilines is 3. The van der Waals surface area contributed by atoms with Crippen molar-refractivity contribution >= 4 is 66.6 Å². The number of nitrogens with zero attached hydrogens (tertiary/aromatic N) is 8. The quantitative estimate of drug-likeness (QED) is 0.209. The van der Waals surface area contributed by atoms with Crippen LogP contribution < -0.4 is 15.5 Å². The summed E-state index contributed by atoms with van der Waals surface area (Å²) in [6, 6.07) is 9.24. The molecule has 0 aliphatic carbocycles. The number of halogens is 3. The van der Waals surface area contributed by atoms with Crippen LogP contribution in [0, 0.1) is 23.0 Å². The first-order valence-electron chi connectivity index (χ1n) is 15.1. The van der Waals surface area contributed by atoms with Crippen molar-refractivity contribution < 1.29 is 13.6 Å². The lowest BCUT2D eigenvalue weighted by molar-refractivity contribution is 0.0827. The minimum Gasteiger partial charge on any atom is -0.389 e. The molecule has 0 bridgehead atoms. The van der Waals surface area contributed by atoms with Gasteiger partial charge in [-0.1, -0.05) is 17.7 Å². The summed E-state index contributed by atoms with van der Waals surface area (Å²) in [4.78, 5) is 34.4. The fraction of sp³-hybridized carbons (Fsp3) is 0.324. The molecule has 1 aliphatic rings. The topological polar surface area (TPSA) is 119 Å². The molecule has 14 heteroatoms. The highest BCUT2D eigenvalue weighted by molar-refractivity contribution is 7.23. The Morgan fingerprint density at radius 3 is 2.50 bits per heavy atom. The normalized spacial score (nSPS) is 14.7. The van der Waals surface area contributed by atoms with Gasteiger partial charge < -0.3 is 25.3 Å². The van der Waals surface area contributed by atoms with Gasteiger partial charge in [-0.05, 0) is 57.8 Å². The number of carbonyl (C=O) groups excluding carboxylic acids is 1. The molecule has 0 radical (unpaired) electrons. The zero-order valence-electron chi connectivity index (χ0n) is 27.6. The minimum absolute atomic E-state index is 0.00980. The lowest BCUT2D eigenvalue weighted by Crippen LogP contribution is -2.67. The number of pyridine rings is 1. The van der Waals surface area contributed by atoms with Gasteiger partial charge >= 0.3 is 0 Å². The van der Waals surface area contributed by atoms with Crippen molar-refractivity contribution in [3.05, 3.63) is 70.0 Å². The summed E-state index contributed by atoms with van der Waals surface area (Å²) in [5.41, 5.74) is 7.33. The molecule has 248 valence electrons. The van der Waals surface area contributed by atoms with E-state index in [4.69, 9.17) is 27.3 Å². The molecule has 1 fully saturated rings. The molecule has 2 N–H and O–H groups in total. The Bertz CT molecular complexity index is 2160. The number of nitriles is 1. The van der Waals surface area contributed by atoms with E-state index < -0.39 is 17.7 Å². The summed E-state index contributed by atoms with van der Waals surface area (Å²) in [6.45, 7) is 5.27. The smallest absolute Gasteiger partial charge is 0.253 e. The van der Waals surface area contributed by atoms with Crippen LogP contribution >= 0.6 is 22.9 Å². The van der Waals surface area contributed by atoms with Crippen LogP contribution in [-0.2, 0) is 0 Å². The first-order chi connectivity index (χ1) is 22.7. The fourth-order valence-electron chi connectivity index (χ4n) is 5.98. The van der Waals surface area contributed by atoms with Crippen LogP contribution in [0.15, 0.2) is 36.5 Å². The van der Waals surface area contributed by atoms with Gasteiger partial charge in [0.1, 0.15) is 28.2 Å². The minimum atomic E-state index is -0.738. The third-order valence-corrected chi connectivity index (χ3v) is 10.6. The van der Waals surface area contributed by atoms with Gasteiger partial charge in [-0.25, -0.2) is 13.8 Å². The number of hydrogen-bond donors (Lipinski definition) is 1. The Morgan fingerprint density at radius 1 is 1.15 bits per heavy atom. The van der Waals surface area contributed by atoms with Crippen molar-refractivity contribution in [3.63, 3.8) is 0 Å². The third-order valence-electron chi connectivity index (χ3n) is 9.25. The number of benzene rings is 2. The molecule has 48 heavy (non-hydrogen) atoms. The average molecular weight is 690 g/mol. The van der Waals surface area contributed by atoms with Crippen molar-refractivity contribution in [2.75, 3.05) is 63.9 Å². The van der Waals surface area contributed by atoms with Gasteiger partial charge in [-0.2, -0.15) is 10.2 Å². The first-order valence-corrected chi connectivity index (χ1v) is 16.3. The fourth-order valence-corrected chi connectivity index (χ4v) is 7.23. The van der Waals surface area contributed by atoms with Crippen LogP contribution in [0.4, 0.5) is 25.5 Å². The molecule has 6 rings (SSSR count). The highest BCUT2D eigenvalue weighted by atomic mass is 35.5. The number of nitrogens with two attached hydrogens (primary N) is 1. The van der Waals surface area contributed by atoms with Gasteiger partial charge in [0.2, 0.25) is 5.95 Å². The summed E-state index contributed by atoms with van der Waals surface area (Å²) >= 11 is 7.79. The molecule has 0 saturated carbocycles. The van der Waals surface area contributed by atoms with E-state index in [2.05, 4.69) is 16.8 Å². The van der Waals surface area contributed by atoms with Gasteiger partial charge in [0.05, 0.1) is 32.6 Å². The number of nitrogen functional groups attached to an aromatic ring is 1. The van der Waals surface area contributed by atoms with Crippen molar-refractivity contribution in [3.8, 4) is 17.2 Å². The second-order valence-electron chi connectivity index (χ2n) is 12.7. The molecular weight excluding hydrogens is 656 g/mol. The van der Waals surface area contributed by atoms with E-state index in [1.54, 1.807) is 38.5 Å². The number of thiophene rings is 1. The lowest BCUT2D eigenvalue weighted by Gasteiger charge is -2.52. The maximum atomic E-state index is 17.0. The second kappa shape index (κ2) is 12.1. The first kappa shape index (κ1) is 33.3. The van der Waals surface area contributed by atoms with Crippen LogP contribution in [0.2, 0.25) is 5.02 Å². The highest BCUT2D eigenvalue weighted by Gasteiger charge is 2.42. The molecule has 1 amide bonds. The molecule has 4 heterocycles. The van der Waals surface area contributed by atoms with E-state index in [0.29, 0.717) is 41.5 Å². The number of carbonyl (C=O) groups is 1. The lowest BCUT2D eigenvalue weighted by atomic mass is 9.91. The number of hydrogen-bond acceptors (Lipinski definition) is 10. The van der Waals surface area contributed by atoms with Gasteiger partial charge in [0.25, 0.3) is 5.91 Å². The van der Waals surface area contributed by atoms with Crippen LogP contribution in [0.1, 0.15) is 41.5 Å². The molecule has 5 aromatic rings. The molecule has 1 saturated heterocycles. The molecule has 0 spiro atoms. The summed E-state index contributed by atoms with van der Waals surface area (Å²) in [5, 5.41) is 10.6. The van der Waals surface area contributed by atoms with E-state index in [0.717, 1.165) is 11.3 Å². The Kier molecular flexibility index (Phi) is 8.39. The zero-order valence-corrected chi connectivity index (χ0v) is 29.1. The van der Waals surface area contributed by atoms with Crippen LogP contribution in [0.5, 0.6) is 0 Å². The predicted molar refractivity (Wildman–Crippen MR) is 188 cm³/mol. The largest absolute Gasteiger partial charge is 0.389 e. The maximum absolute atomic E-state index is 17.0. The number of likely N-dealkylation sites (N-methyl/N-ethyl adjacent to an activating group) is 1. The third kappa shape index (κ3) is 5.34. The van der Waals surface area contributed by atoms with E-state index in [9.17, 15) is 14.4 Å². The monoisotopic (exact) mass is 689 g/mol. The van der Waals surface area contributed by atoms with Crippen molar-refractivity contribution in [1.82, 2.24) is 24.8 Å². The average Bonchev–Trinajstić information content (AvgIpc) is 3.39. The molecule has 10 nitrogen and oxygen atoms in total. The SMILES string of the molecule is CC(c1cc(C(=O)N(C)C)ccn1)N(C)c1nc(N2CC(C)(N(C)C)C2)nc2c(F)c(-c3ccc(F)c4sc(N)c(C#N)c34)c(Cl)cc12. The van der Waals surface area contributed by atoms with Gasteiger partial charge in [-0.15, -0.1) is 11.3 Å². The predicted octanol–water partition coefficient (Wildman–Crippen LogP) is 6.33. The molecule has 2 aromatic carbocycles. The molecule has 3 aromatic heterocycles. The number of aromatic nitrogens is 3. The zero-order chi connectivity index (χ0) is 34.8. The van der Waals surface area contributed by atoms with Crippen molar-refractivity contribution in [2.45, 2.75) is 25.4 Å². The van der Waals surface area contributed by atoms with Crippen LogP contribution in [0.25, 0.3) is 32.1 Å². The summed E-state index contributed by atoms with van der Waals surface area (Å²) in [6.07, 6.45) is 1.58. The van der Waals surface area contributed by atoms with E-state index in [1.165, 1.54) is 17.0 Å². The highest BCUT2D eigenvalue weighted by Crippen LogP contribution is 2.46. The summed E-state index contributed by atoms with van der Waals surface area (Å²) in [5.74, 6) is -0.736. The molecule has 1 unspecified atom stereocenters. The van der Waals surface area contributed by atoms with Crippen molar-refractivity contribution in [2.24, 2.45) is 0 Å². The summed E-state index contributed by atoms with van der Waals surface area (Å²) in [7, 11) is 9.19. The molecule has 1 atom stereocenters. The standard InChI is InChI=1S/C34H34ClF2N9OS/c1-17(24-12-18(10-11-40-24)32(47)43(3)4)45(7)31-20-13-22(35)26(19-8-9-23(36)29-25(19)21(14-38)30(39)48-29)27(37)28(20)41-33(42-31)46-15-34(2,16-46)44(5)6/h8-13,17H,15-16,39H2,1-7H3. The Hall–Kier alpha value is -4.64.